The maximum atomic E-state index is 13.9. The summed E-state index contributed by atoms with van der Waals surface area (Å²) in [6.07, 6.45) is -0.691. The van der Waals surface area contributed by atoms with E-state index in [4.69, 9.17) is 9.73 Å². The molecule has 0 fully saturated rings. The zero-order chi connectivity index (χ0) is 24.9. The van der Waals surface area contributed by atoms with Gasteiger partial charge in [0.05, 0.1) is 11.8 Å². The van der Waals surface area contributed by atoms with Crippen molar-refractivity contribution in [2.45, 2.75) is 72.5 Å². The molecule has 0 aromatic heterocycles. The first-order valence-corrected chi connectivity index (χ1v) is 12.4. The first-order valence-electron chi connectivity index (χ1n) is 12.4. The second-order valence-corrected chi connectivity index (χ2v) is 9.55. The molecular weight excluding hydrogens is 430 g/mol. The summed E-state index contributed by atoms with van der Waals surface area (Å²) in [7, 11) is 0. The Bertz CT molecular complexity index is 1010. The molecule has 2 unspecified atom stereocenters. The third-order valence-electron chi connectivity index (χ3n) is 6.52. The zero-order valence-corrected chi connectivity index (χ0v) is 21.2. The van der Waals surface area contributed by atoms with E-state index in [1.54, 1.807) is 12.1 Å². The van der Waals surface area contributed by atoms with E-state index in [-0.39, 0.29) is 18.2 Å². The van der Waals surface area contributed by atoms with Gasteiger partial charge < -0.3 is 9.64 Å². The average Bonchev–Trinajstić information content (AvgIpc) is 2.92. The Morgan fingerprint density at radius 2 is 1.82 bits per heavy atom. The summed E-state index contributed by atoms with van der Waals surface area (Å²) in [6.45, 7) is 15.9. The lowest BCUT2D eigenvalue weighted by Gasteiger charge is -2.25. The highest BCUT2D eigenvalue weighted by molar-refractivity contribution is 6.14. The molecule has 1 aliphatic heterocycles. The fraction of sp³-hybridized carbons (Fsp3) is 0.483. The molecule has 0 aliphatic carbocycles. The molecule has 1 heterocycles. The molecule has 0 N–H and O–H groups in total. The number of hydrogen-bond acceptors (Lipinski definition) is 3. The summed E-state index contributed by atoms with van der Waals surface area (Å²) in [6, 6.07) is 13.9. The molecule has 3 rings (SSSR count). The van der Waals surface area contributed by atoms with Crippen LogP contribution in [0.4, 0.5) is 14.5 Å². The molecule has 0 bridgehead atoms. The molecule has 0 amide bonds. The molecule has 2 aromatic carbocycles. The van der Waals surface area contributed by atoms with E-state index in [1.807, 2.05) is 6.07 Å². The van der Waals surface area contributed by atoms with Crippen molar-refractivity contribution in [3.05, 3.63) is 71.3 Å². The fourth-order valence-corrected chi connectivity index (χ4v) is 4.21. The maximum Gasteiger partial charge on any atom is 0.397 e. The summed E-state index contributed by atoms with van der Waals surface area (Å²) in [5.74, 6) is 0.521. The summed E-state index contributed by atoms with van der Waals surface area (Å²) in [5, 5.41) is 0. The third-order valence-corrected chi connectivity index (χ3v) is 6.52. The Kier molecular flexibility index (Phi) is 8.51. The average molecular weight is 469 g/mol. The predicted octanol–water partition coefficient (Wildman–Crippen LogP) is 7.67. The van der Waals surface area contributed by atoms with Gasteiger partial charge in [-0.25, -0.2) is 0 Å². The van der Waals surface area contributed by atoms with Crippen LogP contribution in [-0.4, -0.2) is 31.0 Å². The lowest BCUT2D eigenvalue weighted by molar-refractivity contribution is -0.177. The first-order chi connectivity index (χ1) is 16.1. The number of halogens is 2. The van der Waals surface area contributed by atoms with Crippen LogP contribution in [0.25, 0.3) is 0 Å². The van der Waals surface area contributed by atoms with Crippen molar-refractivity contribution >= 4 is 11.4 Å². The molecule has 34 heavy (non-hydrogen) atoms. The molecule has 1 aliphatic rings. The molecule has 184 valence electrons. The van der Waals surface area contributed by atoms with E-state index in [1.165, 1.54) is 18.2 Å². The van der Waals surface area contributed by atoms with E-state index in [0.717, 1.165) is 54.8 Å². The van der Waals surface area contributed by atoms with Gasteiger partial charge in [0.1, 0.15) is 5.75 Å². The Hall–Kier alpha value is -2.69. The number of nitrogens with zero attached hydrogens (tertiary/aromatic N) is 2. The number of hydrogen-bond donors (Lipinski definition) is 0. The van der Waals surface area contributed by atoms with E-state index >= 15 is 0 Å². The maximum absolute atomic E-state index is 13.9. The number of aliphatic imine (C=N–C) groups is 1. The van der Waals surface area contributed by atoms with Gasteiger partial charge >= 0.3 is 6.11 Å². The minimum atomic E-state index is -3.19. The lowest BCUT2D eigenvalue weighted by atomic mass is 9.92. The molecule has 3 nitrogen and oxygen atoms in total. The molecule has 0 saturated carbocycles. The van der Waals surface area contributed by atoms with Crippen LogP contribution in [0, 0.1) is 5.92 Å². The number of ether oxygens (including phenoxy) is 1. The largest absolute Gasteiger partial charge is 0.433 e. The fourth-order valence-electron chi connectivity index (χ4n) is 4.21. The number of rotatable bonds is 10. The highest BCUT2D eigenvalue weighted by atomic mass is 19.3. The second kappa shape index (κ2) is 11.2. The van der Waals surface area contributed by atoms with Crippen LogP contribution in [0.3, 0.4) is 0 Å². The number of alkyl halides is 2. The Morgan fingerprint density at radius 3 is 2.44 bits per heavy atom. The van der Waals surface area contributed by atoms with Crippen LogP contribution < -0.4 is 9.64 Å². The van der Waals surface area contributed by atoms with Gasteiger partial charge in [-0.2, -0.15) is 8.78 Å². The van der Waals surface area contributed by atoms with Crippen molar-refractivity contribution in [3.63, 3.8) is 0 Å². The molecule has 0 spiro atoms. The Balaban J connectivity index is 1.98. The molecule has 0 radical (unpaired) electrons. The molecular formula is C29H38F2N2O. The van der Waals surface area contributed by atoms with E-state index < -0.39 is 6.11 Å². The predicted molar refractivity (Wildman–Crippen MR) is 139 cm³/mol. The first kappa shape index (κ1) is 25.9. The van der Waals surface area contributed by atoms with Gasteiger partial charge in [0.25, 0.3) is 0 Å². The van der Waals surface area contributed by atoms with Crippen LogP contribution >= 0.6 is 0 Å². The third kappa shape index (κ3) is 6.46. The van der Waals surface area contributed by atoms with Crippen molar-refractivity contribution in [2.75, 3.05) is 18.0 Å². The summed E-state index contributed by atoms with van der Waals surface area (Å²) in [5.41, 5.74) is 6.16. The SMILES string of the molecule is C=C(C)CCN(CCC)c1ccc(C2=NC(C)C(C)Cc3ccc(OC(F)(F)CC)cc32)cc1. The lowest BCUT2D eigenvalue weighted by Crippen LogP contribution is -2.25. The minimum Gasteiger partial charge on any atom is -0.433 e. The van der Waals surface area contributed by atoms with Gasteiger partial charge in [0.15, 0.2) is 0 Å². The van der Waals surface area contributed by atoms with Crippen molar-refractivity contribution in [2.24, 2.45) is 10.9 Å². The minimum absolute atomic E-state index is 0.121. The van der Waals surface area contributed by atoms with E-state index in [9.17, 15) is 8.78 Å². The summed E-state index contributed by atoms with van der Waals surface area (Å²) in [4.78, 5) is 7.42. The van der Waals surface area contributed by atoms with Crippen LogP contribution in [0.2, 0.25) is 0 Å². The topological polar surface area (TPSA) is 24.8 Å². The monoisotopic (exact) mass is 468 g/mol. The smallest absolute Gasteiger partial charge is 0.397 e. The molecule has 2 aromatic rings. The highest BCUT2D eigenvalue weighted by Crippen LogP contribution is 2.32. The van der Waals surface area contributed by atoms with Crippen LogP contribution in [0.15, 0.2) is 59.6 Å². The molecule has 5 heteroatoms. The second-order valence-electron chi connectivity index (χ2n) is 9.55. The van der Waals surface area contributed by atoms with Gasteiger partial charge in [-0.3, -0.25) is 4.99 Å². The normalized spacial score (nSPS) is 18.0. The number of benzene rings is 2. The Morgan fingerprint density at radius 1 is 1.12 bits per heavy atom. The molecule has 2 atom stereocenters. The van der Waals surface area contributed by atoms with E-state index in [2.05, 4.69) is 63.4 Å². The van der Waals surface area contributed by atoms with Crippen molar-refractivity contribution in [1.82, 2.24) is 0 Å². The van der Waals surface area contributed by atoms with Gasteiger partial charge in [0, 0.05) is 36.3 Å². The van der Waals surface area contributed by atoms with Crippen molar-refractivity contribution < 1.29 is 13.5 Å². The summed E-state index contributed by atoms with van der Waals surface area (Å²) >= 11 is 0. The van der Waals surface area contributed by atoms with Crippen LogP contribution in [0.5, 0.6) is 5.75 Å². The number of anilines is 1. The van der Waals surface area contributed by atoms with Gasteiger partial charge in [-0.15, -0.1) is 6.58 Å². The summed E-state index contributed by atoms with van der Waals surface area (Å²) < 4.78 is 32.9. The van der Waals surface area contributed by atoms with Crippen molar-refractivity contribution in [3.8, 4) is 5.75 Å². The number of fused-ring (bicyclic) bond motifs is 1. The standard InChI is InChI=1S/C29H38F2N2O/c1-7-16-33(17-15-20(3)4)25-12-9-23(10-13-25)28-27-19-26(34-29(30,31)8-2)14-11-24(27)18-21(5)22(6)32-28/h9-14,19,21-22H,3,7-8,15-18H2,1-2,4-6H3. The van der Waals surface area contributed by atoms with Gasteiger partial charge in [-0.1, -0.05) is 44.5 Å². The van der Waals surface area contributed by atoms with E-state index in [0.29, 0.717) is 5.92 Å². The quantitative estimate of drug-likeness (QED) is 0.334. The molecule has 0 saturated heterocycles. The van der Waals surface area contributed by atoms with Gasteiger partial charge in [-0.05, 0) is 68.9 Å². The van der Waals surface area contributed by atoms with Crippen LogP contribution in [-0.2, 0) is 6.42 Å². The highest BCUT2D eigenvalue weighted by Gasteiger charge is 2.30. The zero-order valence-electron chi connectivity index (χ0n) is 21.2. The van der Waals surface area contributed by atoms with Gasteiger partial charge in [0.2, 0.25) is 0 Å². The van der Waals surface area contributed by atoms with Crippen molar-refractivity contribution in [1.29, 1.82) is 0 Å². The van der Waals surface area contributed by atoms with Crippen LogP contribution in [0.1, 0.15) is 70.6 Å². The Labute approximate surface area is 203 Å².